The highest BCUT2D eigenvalue weighted by atomic mass is 32.2. The van der Waals surface area contributed by atoms with Gasteiger partial charge in [0.25, 0.3) is 0 Å². The quantitative estimate of drug-likeness (QED) is 0.629. The number of carbonyl (C=O) groups excluding carboxylic acids is 1. The molecule has 1 aromatic carbocycles. The van der Waals surface area contributed by atoms with Crippen LogP contribution in [0.4, 0.5) is 5.69 Å². The molecule has 0 saturated carbocycles. The molecule has 0 spiro atoms. The minimum atomic E-state index is -3.87. The first-order valence-electron chi connectivity index (χ1n) is 6.11. The van der Waals surface area contributed by atoms with E-state index in [2.05, 4.69) is 21.3 Å². The molecule has 1 unspecified atom stereocenters. The van der Waals surface area contributed by atoms with Crippen molar-refractivity contribution in [3.8, 4) is 11.8 Å². The lowest BCUT2D eigenvalue weighted by Crippen LogP contribution is -2.33. The van der Waals surface area contributed by atoms with Crippen LogP contribution in [-0.2, 0) is 19.6 Å². The van der Waals surface area contributed by atoms with Crippen molar-refractivity contribution in [2.75, 3.05) is 18.4 Å². The van der Waals surface area contributed by atoms with Crippen LogP contribution in [0.1, 0.15) is 18.1 Å². The summed E-state index contributed by atoms with van der Waals surface area (Å²) in [6, 6.07) is 4.78. The lowest BCUT2D eigenvalue weighted by atomic mass is 10.1. The van der Waals surface area contributed by atoms with E-state index in [0.29, 0.717) is 11.3 Å². The molecule has 7 heteroatoms. The summed E-state index contributed by atoms with van der Waals surface area (Å²) >= 11 is 0. The molecule has 0 fully saturated rings. The van der Waals surface area contributed by atoms with Crippen molar-refractivity contribution in [2.45, 2.75) is 19.1 Å². The van der Waals surface area contributed by atoms with Crippen LogP contribution in [0.15, 0.2) is 18.2 Å². The second-order valence-electron chi connectivity index (χ2n) is 4.30. The van der Waals surface area contributed by atoms with Gasteiger partial charge in [0.2, 0.25) is 10.0 Å². The number of esters is 1. The Morgan fingerprint density at radius 2 is 2.14 bits per heavy atom. The van der Waals surface area contributed by atoms with Crippen LogP contribution in [0.25, 0.3) is 0 Å². The van der Waals surface area contributed by atoms with Gasteiger partial charge in [0.15, 0.2) is 5.25 Å². The Labute approximate surface area is 124 Å². The third-order valence-electron chi connectivity index (χ3n) is 2.79. The minimum absolute atomic E-state index is 0.246. The molecular weight excluding hydrogens is 294 g/mol. The van der Waals surface area contributed by atoms with E-state index in [1.54, 1.807) is 19.1 Å². The predicted molar refractivity (Wildman–Crippen MR) is 79.2 cm³/mol. The third kappa shape index (κ3) is 4.48. The van der Waals surface area contributed by atoms with Crippen LogP contribution in [-0.4, -0.2) is 38.5 Å². The first-order chi connectivity index (χ1) is 9.81. The van der Waals surface area contributed by atoms with Gasteiger partial charge in [0.1, 0.15) is 6.61 Å². The number of sulfonamides is 1. The van der Waals surface area contributed by atoms with E-state index in [1.165, 1.54) is 13.0 Å². The molecule has 114 valence electrons. The van der Waals surface area contributed by atoms with Gasteiger partial charge in [-0.1, -0.05) is 11.8 Å². The highest BCUT2D eigenvalue weighted by molar-refractivity contribution is 7.94. The number of hydrogen-bond donors (Lipinski definition) is 2. The topological polar surface area (TPSA) is 92.7 Å². The monoisotopic (exact) mass is 311 g/mol. The smallest absolute Gasteiger partial charge is 0.325 e. The normalized spacial score (nSPS) is 12.0. The molecule has 0 aliphatic rings. The molecule has 0 amide bonds. The Morgan fingerprint density at radius 3 is 2.67 bits per heavy atom. The van der Waals surface area contributed by atoms with Crippen LogP contribution in [0.3, 0.4) is 0 Å². The van der Waals surface area contributed by atoms with E-state index in [1.807, 2.05) is 0 Å². The Morgan fingerprint density at radius 1 is 1.48 bits per heavy atom. The number of aliphatic hydroxyl groups excluding tert-OH is 1. The van der Waals surface area contributed by atoms with Gasteiger partial charge in [-0.2, -0.15) is 0 Å². The second kappa shape index (κ2) is 7.11. The van der Waals surface area contributed by atoms with E-state index in [0.717, 1.165) is 12.7 Å². The van der Waals surface area contributed by atoms with Gasteiger partial charge in [0.05, 0.1) is 7.11 Å². The van der Waals surface area contributed by atoms with Crippen LogP contribution in [0.2, 0.25) is 0 Å². The fourth-order valence-corrected chi connectivity index (χ4v) is 2.53. The number of hydrogen-bond acceptors (Lipinski definition) is 5. The van der Waals surface area contributed by atoms with Crippen LogP contribution >= 0.6 is 0 Å². The summed E-state index contributed by atoms with van der Waals surface area (Å²) in [5.74, 6) is 4.44. The highest BCUT2D eigenvalue weighted by Crippen LogP contribution is 2.17. The fraction of sp³-hybridized carbons (Fsp3) is 0.357. The fourth-order valence-electron chi connectivity index (χ4n) is 1.55. The van der Waals surface area contributed by atoms with E-state index < -0.39 is 21.2 Å². The van der Waals surface area contributed by atoms with Gasteiger partial charge in [-0.15, -0.1) is 0 Å². The largest absolute Gasteiger partial charge is 0.468 e. The molecular formula is C14H17NO5S. The van der Waals surface area contributed by atoms with E-state index in [-0.39, 0.29) is 6.61 Å². The maximum Gasteiger partial charge on any atom is 0.325 e. The zero-order valence-electron chi connectivity index (χ0n) is 12.0. The number of rotatable bonds is 4. The molecule has 0 saturated heterocycles. The number of anilines is 1. The second-order valence-corrected chi connectivity index (χ2v) is 6.30. The molecule has 0 aliphatic carbocycles. The van der Waals surface area contributed by atoms with E-state index >= 15 is 0 Å². The number of ether oxygens (including phenoxy) is 1. The van der Waals surface area contributed by atoms with E-state index in [9.17, 15) is 13.2 Å². The SMILES string of the molecule is COC(=O)C(C)S(=O)(=O)Nc1ccc(C#CCO)c(C)c1. The molecule has 2 N–H and O–H groups in total. The number of aliphatic hydroxyl groups is 1. The van der Waals surface area contributed by atoms with E-state index in [4.69, 9.17) is 5.11 Å². The number of aryl methyl sites for hydroxylation is 1. The summed E-state index contributed by atoms with van der Waals surface area (Å²) in [6.07, 6.45) is 0. The predicted octanol–water partition coefficient (Wildman–Crippen LogP) is 0.642. The van der Waals surface area contributed by atoms with Gasteiger partial charge in [-0.3, -0.25) is 9.52 Å². The highest BCUT2D eigenvalue weighted by Gasteiger charge is 2.28. The average Bonchev–Trinajstić information content (AvgIpc) is 2.44. The van der Waals surface area contributed by atoms with Gasteiger partial charge < -0.3 is 9.84 Å². The van der Waals surface area contributed by atoms with Crippen molar-refractivity contribution in [1.82, 2.24) is 0 Å². The Bertz CT molecular complexity index is 685. The third-order valence-corrected chi connectivity index (χ3v) is 4.43. The summed E-state index contributed by atoms with van der Waals surface area (Å²) in [4.78, 5) is 11.3. The van der Waals surface area contributed by atoms with Crippen LogP contribution in [0, 0.1) is 18.8 Å². The summed E-state index contributed by atoms with van der Waals surface area (Å²) < 4.78 is 30.7. The van der Waals surface area contributed by atoms with Crippen LogP contribution in [0.5, 0.6) is 0 Å². The number of nitrogens with one attached hydrogen (secondary N) is 1. The molecule has 1 aromatic rings. The number of methoxy groups -OCH3 is 1. The molecule has 21 heavy (non-hydrogen) atoms. The molecule has 0 radical (unpaired) electrons. The minimum Gasteiger partial charge on any atom is -0.468 e. The van der Waals surface area contributed by atoms with Gasteiger partial charge >= 0.3 is 5.97 Å². The molecule has 0 bridgehead atoms. The first-order valence-corrected chi connectivity index (χ1v) is 7.66. The molecule has 6 nitrogen and oxygen atoms in total. The van der Waals surface area contributed by atoms with Crippen LogP contribution < -0.4 is 4.72 Å². The lowest BCUT2D eigenvalue weighted by Gasteiger charge is -2.13. The van der Waals surface area contributed by atoms with Gasteiger partial charge in [-0.05, 0) is 37.6 Å². The Balaban J connectivity index is 2.99. The molecule has 1 rings (SSSR count). The Hall–Kier alpha value is -2.04. The first kappa shape index (κ1) is 17.0. The van der Waals surface area contributed by atoms with Crippen molar-refractivity contribution in [3.63, 3.8) is 0 Å². The summed E-state index contributed by atoms with van der Waals surface area (Å²) in [5, 5.41) is 7.34. The van der Waals surface area contributed by atoms with Crippen molar-refractivity contribution in [1.29, 1.82) is 0 Å². The number of benzene rings is 1. The Kier molecular flexibility index (Phi) is 5.76. The average molecular weight is 311 g/mol. The maximum atomic E-state index is 12.0. The molecule has 0 heterocycles. The molecule has 0 aliphatic heterocycles. The van der Waals surface area contributed by atoms with Crippen molar-refractivity contribution in [2.24, 2.45) is 0 Å². The summed E-state index contributed by atoms with van der Waals surface area (Å²) in [5.41, 5.74) is 1.77. The zero-order chi connectivity index (χ0) is 16.0. The van der Waals surface area contributed by atoms with Gasteiger partial charge in [0, 0.05) is 11.3 Å². The molecule has 0 aromatic heterocycles. The standard InChI is InChI=1S/C14H17NO5S/c1-10-9-13(7-6-12(10)5-4-8-16)15-21(18,19)11(2)14(17)20-3/h6-7,9,11,15-16H,8H2,1-3H3. The summed E-state index contributed by atoms with van der Waals surface area (Å²) in [6.45, 7) is 2.77. The molecule has 1 atom stereocenters. The summed E-state index contributed by atoms with van der Waals surface area (Å²) in [7, 11) is -2.74. The lowest BCUT2D eigenvalue weighted by molar-refractivity contribution is -0.139. The van der Waals surface area contributed by atoms with Gasteiger partial charge in [-0.25, -0.2) is 8.42 Å². The van der Waals surface area contributed by atoms with Crippen molar-refractivity contribution < 1.29 is 23.1 Å². The number of carbonyl (C=O) groups is 1. The maximum absolute atomic E-state index is 12.0. The zero-order valence-corrected chi connectivity index (χ0v) is 12.8. The van der Waals surface area contributed by atoms with Crippen molar-refractivity contribution >= 4 is 21.7 Å². The van der Waals surface area contributed by atoms with Crippen molar-refractivity contribution in [3.05, 3.63) is 29.3 Å².